The van der Waals surface area contributed by atoms with Gasteiger partial charge in [-0.1, -0.05) is 0 Å². The number of carbonyl (C=O) groups is 1. The molecule has 24 heavy (non-hydrogen) atoms. The summed E-state index contributed by atoms with van der Waals surface area (Å²) in [7, 11) is 0. The minimum absolute atomic E-state index is 0.0190. The van der Waals surface area contributed by atoms with Gasteiger partial charge in [-0.05, 0) is 31.2 Å². The molecule has 134 valence electrons. The van der Waals surface area contributed by atoms with Crippen LogP contribution in [0.15, 0.2) is 29.3 Å². The molecule has 0 radical (unpaired) electrons. The summed E-state index contributed by atoms with van der Waals surface area (Å²) < 4.78 is 15.1. The minimum atomic E-state index is -0.761. The number of nitrogens with zero attached hydrogens (tertiary/aromatic N) is 1. The second-order valence-electron chi connectivity index (χ2n) is 4.67. The van der Waals surface area contributed by atoms with Gasteiger partial charge in [0.25, 0.3) is 0 Å². The van der Waals surface area contributed by atoms with E-state index in [0.717, 1.165) is 12.2 Å². The number of aliphatic hydroxyl groups excluding tert-OH is 1. The summed E-state index contributed by atoms with van der Waals surface area (Å²) in [5.41, 5.74) is 7.39. The Kier molecular flexibility index (Phi) is 10.2. The summed E-state index contributed by atoms with van der Waals surface area (Å²) in [6.07, 6.45) is -0.761. The molecule has 0 fully saturated rings. The molecule has 0 aliphatic carbocycles. The standard InChI is InChI=1S/C16H25N3O5/c1-2-18-14-5-3-13(4-6-14)15(17)19-16(21)24-12-11-23-10-9-22-8-7-20/h3-6,18,20H,2,7-12H2,1H3,(H2,17,19,21). The molecule has 0 spiro atoms. The molecule has 0 atom stereocenters. The molecular formula is C16H25N3O5. The normalized spacial score (nSPS) is 11.3. The quantitative estimate of drug-likeness (QED) is 0.313. The summed E-state index contributed by atoms with van der Waals surface area (Å²) in [6.45, 7) is 4.15. The number of benzene rings is 1. The lowest BCUT2D eigenvalue weighted by atomic mass is 10.2. The van der Waals surface area contributed by atoms with Crippen molar-refractivity contribution in [3.63, 3.8) is 0 Å². The molecule has 0 bridgehead atoms. The first-order valence-electron chi connectivity index (χ1n) is 7.79. The summed E-state index contributed by atoms with van der Waals surface area (Å²) in [6, 6.07) is 7.28. The van der Waals surface area contributed by atoms with Crippen LogP contribution in [0.4, 0.5) is 10.5 Å². The molecular weight excluding hydrogens is 314 g/mol. The Hall–Kier alpha value is -2.16. The summed E-state index contributed by atoms with van der Waals surface area (Å²) in [5, 5.41) is 11.7. The van der Waals surface area contributed by atoms with Crippen LogP contribution in [0.3, 0.4) is 0 Å². The van der Waals surface area contributed by atoms with Crippen LogP contribution in [0.25, 0.3) is 0 Å². The second-order valence-corrected chi connectivity index (χ2v) is 4.67. The molecule has 4 N–H and O–H groups in total. The predicted molar refractivity (Wildman–Crippen MR) is 91.4 cm³/mol. The molecule has 8 nitrogen and oxygen atoms in total. The molecule has 1 aromatic carbocycles. The van der Waals surface area contributed by atoms with Crippen molar-refractivity contribution in [1.29, 1.82) is 0 Å². The van der Waals surface area contributed by atoms with E-state index >= 15 is 0 Å². The number of rotatable bonds is 11. The second kappa shape index (κ2) is 12.3. The van der Waals surface area contributed by atoms with Gasteiger partial charge in [0.05, 0.1) is 33.0 Å². The lowest BCUT2D eigenvalue weighted by Crippen LogP contribution is -2.17. The van der Waals surface area contributed by atoms with E-state index in [1.165, 1.54) is 0 Å². The Bertz CT molecular complexity index is 505. The maximum absolute atomic E-state index is 11.6. The minimum Gasteiger partial charge on any atom is -0.445 e. The molecule has 0 unspecified atom stereocenters. The van der Waals surface area contributed by atoms with Crippen molar-refractivity contribution in [2.75, 3.05) is 51.5 Å². The molecule has 8 heteroatoms. The van der Waals surface area contributed by atoms with Gasteiger partial charge < -0.3 is 30.4 Å². The lowest BCUT2D eigenvalue weighted by Gasteiger charge is -2.06. The Morgan fingerprint density at radius 2 is 1.75 bits per heavy atom. The zero-order valence-electron chi connectivity index (χ0n) is 13.9. The average molecular weight is 339 g/mol. The van der Waals surface area contributed by atoms with Gasteiger partial charge in [0.15, 0.2) is 0 Å². The van der Waals surface area contributed by atoms with E-state index in [4.69, 9.17) is 25.1 Å². The van der Waals surface area contributed by atoms with Crippen molar-refractivity contribution < 1.29 is 24.1 Å². The number of amidine groups is 1. The number of aliphatic hydroxyl groups is 1. The van der Waals surface area contributed by atoms with E-state index in [1.807, 2.05) is 19.1 Å². The fraction of sp³-hybridized carbons (Fsp3) is 0.500. The van der Waals surface area contributed by atoms with Crippen LogP contribution in [0, 0.1) is 0 Å². The van der Waals surface area contributed by atoms with E-state index in [-0.39, 0.29) is 32.3 Å². The summed E-state index contributed by atoms with van der Waals surface area (Å²) in [4.78, 5) is 15.2. The number of hydrogen-bond donors (Lipinski definition) is 3. The van der Waals surface area contributed by atoms with Crippen molar-refractivity contribution in [3.8, 4) is 0 Å². The Morgan fingerprint density at radius 1 is 1.12 bits per heavy atom. The van der Waals surface area contributed by atoms with E-state index in [1.54, 1.807) is 12.1 Å². The van der Waals surface area contributed by atoms with E-state index in [0.29, 0.717) is 18.8 Å². The largest absolute Gasteiger partial charge is 0.445 e. The van der Waals surface area contributed by atoms with Crippen molar-refractivity contribution >= 4 is 17.6 Å². The van der Waals surface area contributed by atoms with Crippen LogP contribution >= 0.6 is 0 Å². The molecule has 0 saturated carbocycles. The first kappa shape index (κ1) is 19.9. The molecule has 0 heterocycles. The van der Waals surface area contributed by atoms with Gasteiger partial charge in [0.2, 0.25) is 0 Å². The monoisotopic (exact) mass is 339 g/mol. The van der Waals surface area contributed by atoms with E-state index in [9.17, 15) is 4.79 Å². The predicted octanol–water partition coefficient (Wildman–Crippen LogP) is 0.986. The number of anilines is 1. The maximum Gasteiger partial charge on any atom is 0.435 e. The number of hydrogen-bond acceptors (Lipinski definition) is 6. The van der Waals surface area contributed by atoms with E-state index < -0.39 is 6.09 Å². The average Bonchev–Trinajstić information content (AvgIpc) is 2.58. The number of ether oxygens (including phenoxy) is 3. The molecule has 1 aromatic rings. The molecule has 0 saturated heterocycles. The summed E-state index contributed by atoms with van der Waals surface area (Å²) >= 11 is 0. The first-order valence-corrected chi connectivity index (χ1v) is 7.79. The highest BCUT2D eigenvalue weighted by Crippen LogP contribution is 2.09. The van der Waals surface area contributed by atoms with Gasteiger partial charge in [-0.25, -0.2) is 4.79 Å². The zero-order chi connectivity index (χ0) is 17.6. The maximum atomic E-state index is 11.6. The SMILES string of the molecule is CCNc1ccc(/C(N)=N/C(=O)OCCOCCOCCO)cc1. The topological polar surface area (TPSA) is 115 Å². The van der Waals surface area contributed by atoms with Crippen molar-refractivity contribution in [1.82, 2.24) is 0 Å². The number of aliphatic imine (C=N–C) groups is 1. The highest BCUT2D eigenvalue weighted by molar-refractivity contribution is 6.02. The van der Waals surface area contributed by atoms with Crippen LogP contribution in [0.5, 0.6) is 0 Å². The van der Waals surface area contributed by atoms with Crippen LogP contribution in [0.1, 0.15) is 12.5 Å². The van der Waals surface area contributed by atoms with Crippen LogP contribution in [-0.2, 0) is 14.2 Å². The number of nitrogens with one attached hydrogen (secondary N) is 1. The molecule has 1 amide bonds. The Balaban J connectivity index is 2.25. The highest BCUT2D eigenvalue weighted by atomic mass is 16.6. The Morgan fingerprint density at radius 3 is 2.38 bits per heavy atom. The van der Waals surface area contributed by atoms with Gasteiger partial charge in [-0.2, -0.15) is 4.99 Å². The van der Waals surface area contributed by atoms with E-state index in [2.05, 4.69) is 10.3 Å². The third-order valence-electron chi connectivity index (χ3n) is 2.83. The lowest BCUT2D eigenvalue weighted by molar-refractivity contribution is 0.0196. The van der Waals surface area contributed by atoms with Gasteiger partial charge in [-0.15, -0.1) is 0 Å². The van der Waals surface area contributed by atoms with Crippen LogP contribution in [-0.4, -0.2) is 63.2 Å². The van der Waals surface area contributed by atoms with Crippen molar-refractivity contribution in [3.05, 3.63) is 29.8 Å². The third kappa shape index (κ3) is 8.47. The fourth-order valence-electron chi connectivity index (χ4n) is 1.73. The number of carbonyl (C=O) groups excluding carboxylic acids is 1. The molecule has 0 aliphatic heterocycles. The third-order valence-corrected chi connectivity index (χ3v) is 2.83. The fourth-order valence-corrected chi connectivity index (χ4v) is 1.73. The number of amides is 1. The molecule has 0 aromatic heterocycles. The Labute approximate surface area is 141 Å². The van der Waals surface area contributed by atoms with Crippen molar-refractivity contribution in [2.24, 2.45) is 10.7 Å². The number of nitrogens with two attached hydrogens (primary N) is 1. The van der Waals surface area contributed by atoms with Gasteiger partial charge in [0.1, 0.15) is 12.4 Å². The highest BCUT2D eigenvalue weighted by Gasteiger charge is 2.04. The first-order chi connectivity index (χ1) is 11.7. The summed E-state index contributed by atoms with van der Waals surface area (Å²) in [5.74, 6) is 0.0985. The zero-order valence-corrected chi connectivity index (χ0v) is 13.9. The van der Waals surface area contributed by atoms with Crippen molar-refractivity contribution in [2.45, 2.75) is 6.92 Å². The van der Waals surface area contributed by atoms with Crippen LogP contribution in [0.2, 0.25) is 0 Å². The van der Waals surface area contributed by atoms with Gasteiger partial charge in [0, 0.05) is 17.8 Å². The molecule has 0 aliphatic rings. The molecule has 1 rings (SSSR count). The van der Waals surface area contributed by atoms with Crippen LogP contribution < -0.4 is 11.1 Å². The van der Waals surface area contributed by atoms with Gasteiger partial charge >= 0.3 is 6.09 Å². The van der Waals surface area contributed by atoms with Gasteiger partial charge in [-0.3, -0.25) is 0 Å². The smallest absolute Gasteiger partial charge is 0.435 e.